The molecular weight excluding hydrogens is 346 g/mol. The lowest BCUT2D eigenvalue weighted by atomic mass is 10.1. The van der Waals surface area contributed by atoms with E-state index < -0.39 is 0 Å². The zero-order valence-electron chi connectivity index (χ0n) is 13.9. The van der Waals surface area contributed by atoms with Gasteiger partial charge >= 0.3 is 0 Å². The van der Waals surface area contributed by atoms with Gasteiger partial charge in [-0.3, -0.25) is 4.79 Å². The molecule has 4 rings (SSSR count). The van der Waals surface area contributed by atoms with E-state index >= 15 is 0 Å². The maximum Gasteiger partial charge on any atom is 0.228 e. The lowest BCUT2D eigenvalue weighted by Crippen LogP contribution is -2.15. The normalized spacial score (nSPS) is 10.8. The van der Waals surface area contributed by atoms with Crippen LogP contribution in [-0.4, -0.2) is 15.3 Å². The van der Waals surface area contributed by atoms with E-state index in [1.54, 1.807) is 6.07 Å². The monoisotopic (exact) mass is 361 g/mol. The second kappa shape index (κ2) is 7.02. The third-order valence-electron chi connectivity index (χ3n) is 4.15. The molecule has 1 N–H and O–H groups in total. The van der Waals surface area contributed by atoms with Crippen LogP contribution >= 0.6 is 11.6 Å². The summed E-state index contributed by atoms with van der Waals surface area (Å²) >= 11 is 6.15. The van der Waals surface area contributed by atoms with Crippen LogP contribution in [0.25, 0.3) is 16.9 Å². The third kappa shape index (κ3) is 3.32. The number of benzene rings is 2. The van der Waals surface area contributed by atoms with Crippen LogP contribution in [0.1, 0.15) is 5.56 Å². The van der Waals surface area contributed by atoms with E-state index in [2.05, 4.69) is 10.3 Å². The third-order valence-corrected chi connectivity index (χ3v) is 4.52. The minimum absolute atomic E-state index is 0.116. The fourth-order valence-corrected chi connectivity index (χ4v) is 3.09. The Labute approximate surface area is 156 Å². The number of nitrogens with one attached hydrogen (secondary N) is 1. The van der Waals surface area contributed by atoms with Crippen LogP contribution in [0.3, 0.4) is 0 Å². The molecule has 0 radical (unpaired) electrons. The number of aromatic nitrogens is 2. The number of pyridine rings is 1. The van der Waals surface area contributed by atoms with Gasteiger partial charge in [0, 0.05) is 23.0 Å². The summed E-state index contributed by atoms with van der Waals surface area (Å²) in [5.41, 5.74) is 4.08. The van der Waals surface area contributed by atoms with E-state index in [1.165, 1.54) is 0 Å². The number of hydrogen-bond acceptors (Lipinski definition) is 2. The molecule has 128 valence electrons. The zero-order valence-corrected chi connectivity index (χ0v) is 14.6. The number of amides is 1. The van der Waals surface area contributed by atoms with Gasteiger partial charge in [-0.2, -0.15) is 0 Å². The first-order valence-electron chi connectivity index (χ1n) is 8.27. The first-order chi connectivity index (χ1) is 12.7. The van der Waals surface area contributed by atoms with Crippen molar-refractivity contribution in [2.75, 3.05) is 5.32 Å². The molecule has 5 heteroatoms. The minimum Gasteiger partial charge on any atom is -0.325 e. The predicted octanol–water partition coefficient (Wildman–Crippen LogP) is 4.84. The number of carbonyl (C=O) groups excluding carboxylic acids is 1. The van der Waals surface area contributed by atoms with Crippen molar-refractivity contribution in [2.24, 2.45) is 0 Å². The molecule has 1 amide bonds. The highest BCUT2D eigenvalue weighted by Crippen LogP contribution is 2.27. The van der Waals surface area contributed by atoms with Gasteiger partial charge in [0.25, 0.3) is 0 Å². The molecule has 0 unspecified atom stereocenters. The lowest BCUT2D eigenvalue weighted by Gasteiger charge is -2.10. The van der Waals surface area contributed by atoms with Crippen LogP contribution in [0.4, 0.5) is 5.69 Å². The standard InChI is InChI=1S/C21H16ClN3O/c22-17-9-3-1-7-15(17)13-21(26)24-18-10-4-2-8-16(18)19-14-25-12-6-5-11-20(25)23-19/h1-12,14H,13H2,(H,24,26). The fourth-order valence-electron chi connectivity index (χ4n) is 2.89. The molecule has 0 aliphatic carbocycles. The number of anilines is 1. The second-order valence-electron chi connectivity index (χ2n) is 5.95. The van der Waals surface area contributed by atoms with E-state index in [-0.39, 0.29) is 12.3 Å². The molecule has 0 aliphatic heterocycles. The van der Waals surface area contributed by atoms with E-state index in [1.807, 2.05) is 77.5 Å². The van der Waals surface area contributed by atoms with E-state index in [9.17, 15) is 4.79 Å². The summed E-state index contributed by atoms with van der Waals surface area (Å²) < 4.78 is 1.96. The number of hydrogen-bond donors (Lipinski definition) is 1. The number of halogens is 1. The Balaban J connectivity index is 1.61. The maximum atomic E-state index is 12.5. The van der Waals surface area contributed by atoms with Crippen LogP contribution in [0, 0.1) is 0 Å². The van der Waals surface area contributed by atoms with Gasteiger partial charge < -0.3 is 9.72 Å². The smallest absolute Gasteiger partial charge is 0.228 e. The molecule has 0 saturated heterocycles. The summed E-state index contributed by atoms with van der Waals surface area (Å²) in [7, 11) is 0. The van der Waals surface area contributed by atoms with Crippen molar-refractivity contribution in [1.82, 2.24) is 9.38 Å². The minimum atomic E-state index is -0.116. The van der Waals surface area contributed by atoms with Crippen LogP contribution < -0.4 is 5.32 Å². The quantitative estimate of drug-likeness (QED) is 0.565. The number of fused-ring (bicyclic) bond motifs is 1. The molecule has 26 heavy (non-hydrogen) atoms. The van der Waals surface area contributed by atoms with Crippen molar-refractivity contribution >= 4 is 28.8 Å². The molecule has 2 heterocycles. The van der Waals surface area contributed by atoms with E-state index in [0.29, 0.717) is 5.02 Å². The molecule has 0 bridgehead atoms. The number of carbonyl (C=O) groups is 1. The van der Waals surface area contributed by atoms with E-state index in [4.69, 9.17) is 11.6 Å². The molecular formula is C21H16ClN3O. The first kappa shape index (κ1) is 16.4. The Hall–Kier alpha value is -3.11. The van der Waals surface area contributed by atoms with Crippen LogP contribution in [-0.2, 0) is 11.2 Å². The van der Waals surface area contributed by atoms with Crippen molar-refractivity contribution in [3.63, 3.8) is 0 Å². The van der Waals surface area contributed by atoms with Gasteiger partial charge in [0.2, 0.25) is 5.91 Å². The highest BCUT2D eigenvalue weighted by molar-refractivity contribution is 6.31. The van der Waals surface area contributed by atoms with Gasteiger partial charge in [-0.15, -0.1) is 0 Å². The highest BCUT2D eigenvalue weighted by atomic mass is 35.5. The molecule has 0 spiro atoms. The van der Waals surface area contributed by atoms with Gasteiger partial charge in [0.15, 0.2) is 0 Å². The van der Waals surface area contributed by atoms with Crippen LogP contribution in [0.15, 0.2) is 79.1 Å². The average Bonchev–Trinajstić information content (AvgIpc) is 3.08. The topological polar surface area (TPSA) is 46.4 Å². The van der Waals surface area contributed by atoms with Crippen molar-refractivity contribution in [1.29, 1.82) is 0 Å². The molecule has 2 aromatic carbocycles. The number of rotatable bonds is 4. The van der Waals surface area contributed by atoms with Gasteiger partial charge in [0.05, 0.1) is 17.8 Å². The Bertz CT molecular complexity index is 1050. The molecule has 4 nitrogen and oxygen atoms in total. The predicted molar refractivity (Wildman–Crippen MR) is 104 cm³/mol. The van der Waals surface area contributed by atoms with Crippen molar-refractivity contribution in [3.8, 4) is 11.3 Å². The van der Waals surface area contributed by atoms with Crippen LogP contribution in [0.5, 0.6) is 0 Å². The maximum absolute atomic E-state index is 12.5. The highest BCUT2D eigenvalue weighted by Gasteiger charge is 2.12. The van der Waals surface area contributed by atoms with Crippen molar-refractivity contribution < 1.29 is 4.79 Å². The SMILES string of the molecule is O=C(Cc1ccccc1Cl)Nc1ccccc1-c1cn2ccccc2n1. The molecule has 0 saturated carbocycles. The zero-order chi connectivity index (χ0) is 17.9. The van der Waals surface area contributed by atoms with Crippen LogP contribution in [0.2, 0.25) is 5.02 Å². The summed E-state index contributed by atoms with van der Waals surface area (Å²) in [5, 5.41) is 3.58. The molecule has 0 atom stereocenters. The summed E-state index contributed by atoms with van der Waals surface area (Å²) in [6.07, 6.45) is 4.12. The molecule has 0 fully saturated rings. The lowest BCUT2D eigenvalue weighted by molar-refractivity contribution is -0.115. The Morgan fingerprint density at radius 1 is 1.00 bits per heavy atom. The summed E-state index contributed by atoms with van der Waals surface area (Å²) in [5.74, 6) is -0.116. The van der Waals surface area contributed by atoms with Crippen molar-refractivity contribution in [2.45, 2.75) is 6.42 Å². The van der Waals surface area contributed by atoms with E-state index in [0.717, 1.165) is 28.2 Å². The van der Waals surface area contributed by atoms with Gasteiger partial charge in [-0.1, -0.05) is 54.1 Å². The molecule has 4 aromatic rings. The summed E-state index contributed by atoms with van der Waals surface area (Å²) in [4.78, 5) is 17.1. The number of para-hydroxylation sites is 1. The summed E-state index contributed by atoms with van der Waals surface area (Å²) in [6.45, 7) is 0. The number of nitrogens with zero attached hydrogens (tertiary/aromatic N) is 2. The molecule has 0 aliphatic rings. The Morgan fingerprint density at radius 2 is 1.77 bits per heavy atom. The van der Waals surface area contributed by atoms with Gasteiger partial charge in [0.1, 0.15) is 5.65 Å². The fraction of sp³-hybridized carbons (Fsp3) is 0.0476. The van der Waals surface area contributed by atoms with Gasteiger partial charge in [-0.25, -0.2) is 4.98 Å². The molecule has 2 aromatic heterocycles. The Morgan fingerprint density at radius 3 is 2.62 bits per heavy atom. The second-order valence-corrected chi connectivity index (χ2v) is 6.36. The Kier molecular flexibility index (Phi) is 4.42. The van der Waals surface area contributed by atoms with Crippen molar-refractivity contribution in [3.05, 3.63) is 89.7 Å². The largest absolute Gasteiger partial charge is 0.325 e. The number of imidazole rings is 1. The van der Waals surface area contributed by atoms with Gasteiger partial charge in [-0.05, 0) is 29.8 Å². The summed E-state index contributed by atoms with van der Waals surface area (Å²) in [6, 6.07) is 20.9. The average molecular weight is 362 g/mol. The first-order valence-corrected chi connectivity index (χ1v) is 8.65.